The molecule has 0 aliphatic carbocycles. The van der Waals surface area contributed by atoms with Crippen LogP contribution in [0.5, 0.6) is 11.5 Å². The summed E-state index contributed by atoms with van der Waals surface area (Å²) in [5.41, 5.74) is 1.39. The fraction of sp³-hybridized carbons (Fsp3) is 0. The molecule has 0 saturated carbocycles. The quantitative estimate of drug-likeness (QED) is 0.0834. The molecule has 0 bridgehead atoms. The predicted octanol–water partition coefficient (Wildman–Crippen LogP) is 6.05. The van der Waals surface area contributed by atoms with Gasteiger partial charge in [0.15, 0.2) is 0 Å². The third-order valence-electron chi connectivity index (χ3n) is 7.82. The van der Waals surface area contributed by atoms with Crippen molar-refractivity contribution in [2.75, 3.05) is 21.3 Å². The molecule has 0 aromatic heterocycles. The number of urea groups is 1. The number of phenols is 2. The van der Waals surface area contributed by atoms with E-state index in [-0.39, 0.29) is 44.0 Å². The second-order valence-corrected chi connectivity index (χ2v) is 14.0. The van der Waals surface area contributed by atoms with Crippen molar-refractivity contribution < 1.29 is 50.5 Å². The fourth-order valence-electron chi connectivity index (χ4n) is 5.45. The van der Waals surface area contributed by atoms with E-state index in [2.05, 4.69) is 21.3 Å². The lowest BCUT2D eigenvalue weighted by atomic mass is 10.1. The van der Waals surface area contributed by atoms with Crippen molar-refractivity contribution in [3.05, 3.63) is 120 Å². The van der Waals surface area contributed by atoms with Crippen LogP contribution < -0.4 is 21.3 Å². The minimum absolute atomic E-state index is 0.159. The lowest BCUT2D eigenvalue weighted by Crippen LogP contribution is -2.20. The van der Waals surface area contributed by atoms with Crippen LogP contribution in [0.15, 0.2) is 119 Å². The standard InChI is InChI=1S/C35H26N4O11S2/c40-27-5-1-3-23-25(15-17-29(31(23)27)51(45,46)47)38-33(42)19-7-11-21(12-8-19)36-35(44)37-22-13-9-20(10-14-22)34(43)39-26-16-18-30(52(48,49)50)32-24(26)4-2-6-28(32)41/h1-18,40-41H,(H,38,42)(H,39,43)(H2,36,37,44)(H,45,46,47)(H,48,49,50). The second-order valence-electron chi connectivity index (χ2n) is 11.2. The van der Waals surface area contributed by atoms with Crippen LogP contribution in [0.1, 0.15) is 20.7 Å². The van der Waals surface area contributed by atoms with Crippen LogP contribution in [0.2, 0.25) is 0 Å². The number of anilines is 4. The Kier molecular flexibility index (Phi) is 9.26. The first-order valence-corrected chi connectivity index (χ1v) is 17.8. The summed E-state index contributed by atoms with van der Waals surface area (Å²) >= 11 is 0. The first-order valence-electron chi connectivity index (χ1n) is 15.0. The van der Waals surface area contributed by atoms with Gasteiger partial charge < -0.3 is 31.5 Å². The smallest absolute Gasteiger partial charge is 0.323 e. The number of hydrogen-bond acceptors (Lipinski definition) is 9. The highest BCUT2D eigenvalue weighted by Gasteiger charge is 2.21. The number of hydrogen-bond donors (Lipinski definition) is 8. The van der Waals surface area contributed by atoms with Gasteiger partial charge in [0, 0.05) is 55.4 Å². The van der Waals surface area contributed by atoms with E-state index in [1.165, 1.54) is 97.1 Å². The maximum absolute atomic E-state index is 13.0. The van der Waals surface area contributed by atoms with E-state index >= 15 is 0 Å². The third kappa shape index (κ3) is 7.32. The Morgan fingerprint density at radius 2 is 0.827 bits per heavy atom. The van der Waals surface area contributed by atoms with Crippen molar-refractivity contribution in [2.45, 2.75) is 9.79 Å². The molecule has 52 heavy (non-hydrogen) atoms. The molecule has 6 aromatic carbocycles. The van der Waals surface area contributed by atoms with Gasteiger partial charge in [0.05, 0.1) is 0 Å². The summed E-state index contributed by atoms with van der Waals surface area (Å²) in [6, 6.07) is 24.0. The Morgan fingerprint density at radius 1 is 0.462 bits per heavy atom. The van der Waals surface area contributed by atoms with Crippen LogP contribution >= 0.6 is 0 Å². The van der Waals surface area contributed by atoms with Crippen LogP contribution in [0.4, 0.5) is 27.5 Å². The first kappa shape index (κ1) is 35.3. The number of fused-ring (bicyclic) bond motifs is 2. The number of carbonyl (C=O) groups is 3. The molecule has 15 nitrogen and oxygen atoms in total. The van der Waals surface area contributed by atoms with Crippen LogP contribution in [-0.4, -0.2) is 54.0 Å². The molecule has 17 heteroatoms. The summed E-state index contributed by atoms with van der Waals surface area (Å²) < 4.78 is 66.4. The normalized spacial score (nSPS) is 11.6. The Bertz CT molecular complexity index is 2460. The molecule has 6 rings (SSSR count). The highest BCUT2D eigenvalue weighted by atomic mass is 32.2. The van der Waals surface area contributed by atoms with Crippen LogP contribution in [0, 0.1) is 0 Å². The van der Waals surface area contributed by atoms with Crippen LogP contribution in [0.3, 0.4) is 0 Å². The van der Waals surface area contributed by atoms with Gasteiger partial charge in [-0.15, -0.1) is 0 Å². The second kappa shape index (κ2) is 13.6. The minimum Gasteiger partial charge on any atom is -0.507 e. The van der Waals surface area contributed by atoms with Gasteiger partial charge in [-0.05, 0) is 84.9 Å². The maximum atomic E-state index is 13.0. The number of phenolic OH excluding ortho intramolecular Hbond substituents is 2. The third-order valence-corrected chi connectivity index (χ3v) is 9.61. The van der Waals surface area contributed by atoms with Crippen molar-refractivity contribution in [3.63, 3.8) is 0 Å². The largest absolute Gasteiger partial charge is 0.507 e. The van der Waals surface area contributed by atoms with E-state index in [1.54, 1.807) is 0 Å². The zero-order valence-electron chi connectivity index (χ0n) is 26.4. The van der Waals surface area contributed by atoms with Crippen molar-refractivity contribution in [1.29, 1.82) is 0 Å². The average molecular weight is 743 g/mol. The summed E-state index contributed by atoms with van der Waals surface area (Å²) in [5, 5.41) is 31.1. The van der Waals surface area contributed by atoms with E-state index in [0.717, 1.165) is 12.1 Å². The number of carbonyl (C=O) groups excluding carboxylic acids is 3. The lowest BCUT2D eigenvalue weighted by molar-refractivity contribution is 0.101. The van der Waals surface area contributed by atoms with Crippen molar-refractivity contribution in [1.82, 2.24) is 0 Å². The van der Waals surface area contributed by atoms with Gasteiger partial charge in [0.25, 0.3) is 32.1 Å². The molecule has 0 atom stereocenters. The van der Waals surface area contributed by atoms with Gasteiger partial charge in [0.2, 0.25) is 0 Å². The van der Waals surface area contributed by atoms with Gasteiger partial charge in [-0.25, -0.2) is 4.79 Å². The van der Waals surface area contributed by atoms with Crippen LogP contribution in [-0.2, 0) is 20.2 Å². The number of nitrogens with one attached hydrogen (secondary N) is 4. The Balaban J connectivity index is 1.08. The highest BCUT2D eigenvalue weighted by Crippen LogP contribution is 2.37. The van der Waals surface area contributed by atoms with E-state index < -0.39 is 59.4 Å². The topological polar surface area (TPSA) is 249 Å². The summed E-state index contributed by atoms with van der Waals surface area (Å²) in [5.74, 6) is -1.97. The van der Waals surface area contributed by atoms with Crippen molar-refractivity contribution >= 4 is 82.4 Å². The highest BCUT2D eigenvalue weighted by molar-refractivity contribution is 7.86. The molecule has 0 aliphatic heterocycles. The van der Waals surface area contributed by atoms with E-state index in [0.29, 0.717) is 11.4 Å². The fourth-order valence-corrected chi connectivity index (χ4v) is 6.88. The summed E-state index contributed by atoms with van der Waals surface area (Å²) in [4.78, 5) is 37.6. The summed E-state index contributed by atoms with van der Waals surface area (Å²) in [6.07, 6.45) is 0. The Hall–Kier alpha value is -6.53. The van der Waals surface area contributed by atoms with Crippen molar-refractivity contribution in [3.8, 4) is 11.5 Å². The summed E-state index contributed by atoms with van der Waals surface area (Å²) in [6.45, 7) is 0. The van der Waals surface area contributed by atoms with Crippen LogP contribution in [0.25, 0.3) is 21.5 Å². The molecule has 0 saturated heterocycles. The number of amides is 4. The lowest BCUT2D eigenvalue weighted by Gasteiger charge is -2.13. The minimum atomic E-state index is -4.67. The zero-order valence-corrected chi connectivity index (χ0v) is 28.0. The number of aromatic hydroxyl groups is 2. The first-order chi connectivity index (χ1) is 24.6. The monoisotopic (exact) mass is 742 g/mol. The molecule has 6 aromatic rings. The van der Waals surface area contributed by atoms with Gasteiger partial charge in [0.1, 0.15) is 21.3 Å². The molecule has 0 unspecified atom stereocenters. The average Bonchev–Trinajstić information content (AvgIpc) is 3.08. The van der Waals surface area contributed by atoms with E-state index in [4.69, 9.17) is 0 Å². The Labute approximate surface area is 295 Å². The maximum Gasteiger partial charge on any atom is 0.323 e. The van der Waals surface area contributed by atoms with Gasteiger partial charge in [-0.1, -0.05) is 24.3 Å². The number of benzene rings is 6. The molecule has 264 valence electrons. The molecular weight excluding hydrogens is 717 g/mol. The molecule has 0 fully saturated rings. The van der Waals surface area contributed by atoms with Gasteiger partial charge in [-0.3, -0.25) is 18.7 Å². The number of rotatable bonds is 8. The van der Waals surface area contributed by atoms with E-state index in [1.807, 2.05) is 0 Å². The molecule has 0 radical (unpaired) electrons. The SMILES string of the molecule is O=C(Nc1ccc(C(=O)Nc2ccc(S(=O)(=O)O)c3c(O)cccc23)cc1)Nc1ccc(C(=O)Nc2ccc(S(=O)(=O)O)c3c(O)cccc23)cc1. The van der Waals surface area contributed by atoms with Crippen molar-refractivity contribution in [2.24, 2.45) is 0 Å². The Morgan fingerprint density at radius 3 is 1.17 bits per heavy atom. The van der Waals surface area contributed by atoms with Gasteiger partial charge >= 0.3 is 6.03 Å². The van der Waals surface area contributed by atoms with Gasteiger partial charge in [-0.2, -0.15) is 16.8 Å². The van der Waals surface area contributed by atoms with E-state index in [9.17, 15) is 50.5 Å². The molecule has 0 spiro atoms. The molecule has 0 aliphatic rings. The molecule has 0 heterocycles. The predicted molar refractivity (Wildman–Crippen MR) is 192 cm³/mol. The molecule has 4 amide bonds. The molecule has 8 N–H and O–H groups in total. The summed E-state index contributed by atoms with van der Waals surface area (Å²) in [7, 11) is -9.34. The molecular formula is C35H26N4O11S2. The zero-order chi connectivity index (χ0) is 37.4.